The van der Waals surface area contributed by atoms with Crippen molar-refractivity contribution in [1.29, 1.82) is 0 Å². The molecule has 0 spiro atoms. The van der Waals surface area contributed by atoms with Gasteiger partial charge in [-0.1, -0.05) is 11.6 Å². The quantitative estimate of drug-likeness (QED) is 0.781. The Labute approximate surface area is 109 Å². The monoisotopic (exact) mass is 266 g/mol. The molecule has 2 rings (SSSR count). The molecule has 0 bridgehead atoms. The van der Waals surface area contributed by atoms with Crippen LogP contribution in [0.5, 0.6) is 0 Å². The number of hydrogen-bond donors (Lipinski definition) is 0. The van der Waals surface area contributed by atoms with E-state index in [-0.39, 0.29) is 24.6 Å². The van der Waals surface area contributed by atoms with Crippen molar-refractivity contribution < 1.29 is 14.3 Å². The molecule has 1 heterocycles. The van der Waals surface area contributed by atoms with E-state index >= 15 is 0 Å². The maximum Gasteiger partial charge on any atom is 0.362 e. The molecule has 94 valence electrons. The molecular weight excluding hydrogens is 256 g/mol. The predicted molar refractivity (Wildman–Crippen MR) is 67.9 cm³/mol. The van der Waals surface area contributed by atoms with E-state index in [1.54, 1.807) is 31.2 Å². The number of carbonyl (C=O) groups excluding carboxylic acids is 2. The van der Waals surface area contributed by atoms with Gasteiger partial charge in [0.1, 0.15) is 6.54 Å². The van der Waals surface area contributed by atoms with Crippen LogP contribution in [-0.2, 0) is 14.3 Å². The first kappa shape index (κ1) is 12.6. The smallest absolute Gasteiger partial charge is 0.362 e. The van der Waals surface area contributed by atoms with Gasteiger partial charge in [-0.2, -0.15) is 5.10 Å². The van der Waals surface area contributed by atoms with Crippen LogP contribution < -0.4 is 5.01 Å². The van der Waals surface area contributed by atoms with Gasteiger partial charge in [-0.3, -0.25) is 9.80 Å². The number of hydrogen-bond acceptors (Lipinski definition) is 5. The van der Waals surface area contributed by atoms with E-state index in [0.29, 0.717) is 10.7 Å². The fourth-order valence-corrected chi connectivity index (χ4v) is 1.67. The molecule has 6 heteroatoms. The van der Waals surface area contributed by atoms with Gasteiger partial charge < -0.3 is 4.74 Å². The van der Waals surface area contributed by atoms with Crippen molar-refractivity contribution in [3.63, 3.8) is 0 Å². The molecule has 0 saturated heterocycles. The summed E-state index contributed by atoms with van der Waals surface area (Å²) in [5, 5.41) is 6.02. The Hall–Kier alpha value is -1.88. The van der Waals surface area contributed by atoms with Crippen molar-refractivity contribution in [1.82, 2.24) is 0 Å². The molecule has 0 saturated carbocycles. The van der Waals surface area contributed by atoms with Gasteiger partial charge >= 0.3 is 5.97 Å². The zero-order chi connectivity index (χ0) is 13.1. The summed E-state index contributed by atoms with van der Waals surface area (Å²) in [5.74, 6) is -1.03. The van der Waals surface area contributed by atoms with Crippen LogP contribution in [0.4, 0.5) is 5.69 Å². The Morgan fingerprint density at radius 2 is 2.11 bits per heavy atom. The van der Waals surface area contributed by atoms with Gasteiger partial charge in [-0.05, 0) is 31.2 Å². The molecule has 0 aliphatic carbocycles. The molecule has 0 aromatic heterocycles. The largest absolute Gasteiger partial charge is 0.461 e. The topological polar surface area (TPSA) is 59.0 Å². The molecule has 0 N–H and O–H groups in total. The van der Waals surface area contributed by atoms with Crippen LogP contribution in [0.1, 0.15) is 6.92 Å². The summed E-state index contributed by atoms with van der Waals surface area (Å²) in [6.07, 6.45) is 0. The molecular formula is C12H11ClN2O3. The molecule has 5 nitrogen and oxygen atoms in total. The lowest BCUT2D eigenvalue weighted by molar-refractivity contribution is -0.135. The number of hydrazone groups is 1. The van der Waals surface area contributed by atoms with Crippen molar-refractivity contribution in [2.24, 2.45) is 5.10 Å². The van der Waals surface area contributed by atoms with Crippen LogP contribution in [0.3, 0.4) is 0 Å². The van der Waals surface area contributed by atoms with Crippen molar-refractivity contribution in [2.75, 3.05) is 18.2 Å². The molecule has 0 unspecified atom stereocenters. The second kappa shape index (κ2) is 5.18. The summed E-state index contributed by atoms with van der Waals surface area (Å²) in [6.45, 7) is 1.93. The lowest BCUT2D eigenvalue weighted by atomic mass is 10.2. The van der Waals surface area contributed by atoms with Crippen LogP contribution in [0.2, 0.25) is 5.02 Å². The molecule has 0 radical (unpaired) electrons. The first-order chi connectivity index (χ1) is 8.61. The highest BCUT2D eigenvalue weighted by molar-refractivity contribution is 6.66. The first-order valence-corrected chi connectivity index (χ1v) is 5.81. The fraction of sp³-hybridized carbons (Fsp3) is 0.250. The summed E-state index contributed by atoms with van der Waals surface area (Å²) >= 11 is 5.77. The van der Waals surface area contributed by atoms with E-state index in [0.717, 1.165) is 0 Å². The third-order valence-electron chi connectivity index (χ3n) is 2.37. The number of benzene rings is 1. The van der Waals surface area contributed by atoms with Gasteiger partial charge in [-0.25, -0.2) is 4.79 Å². The second-order valence-corrected chi connectivity index (χ2v) is 4.06. The summed E-state index contributed by atoms with van der Waals surface area (Å²) in [7, 11) is 0. The first-order valence-electron chi connectivity index (χ1n) is 5.44. The van der Waals surface area contributed by atoms with Gasteiger partial charge in [-0.15, -0.1) is 0 Å². The number of nitrogens with zero attached hydrogens (tertiary/aromatic N) is 2. The number of esters is 1. The Morgan fingerprint density at radius 3 is 2.72 bits per heavy atom. The van der Waals surface area contributed by atoms with E-state index in [2.05, 4.69) is 5.10 Å². The van der Waals surface area contributed by atoms with E-state index < -0.39 is 5.97 Å². The van der Waals surface area contributed by atoms with Crippen LogP contribution >= 0.6 is 11.6 Å². The average Bonchev–Trinajstić information content (AvgIpc) is 2.72. The van der Waals surface area contributed by atoms with Crippen LogP contribution in [0.25, 0.3) is 0 Å². The summed E-state index contributed by atoms with van der Waals surface area (Å²) in [5.41, 5.74) is 0.541. The van der Waals surface area contributed by atoms with Crippen molar-refractivity contribution in [3.8, 4) is 0 Å². The predicted octanol–water partition coefficient (Wildman–Crippen LogP) is 1.65. The van der Waals surface area contributed by atoms with Crippen molar-refractivity contribution in [2.45, 2.75) is 6.92 Å². The maximum atomic E-state index is 11.6. The highest BCUT2D eigenvalue weighted by Crippen LogP contribution is 2.20. The number of rotatable bonds is 3. The SMILES string of the molecule is CCOC(=O)C1=NN(c2ccc(Cl)cc2)CC1=O. The number of halogens is 1. The maximum absolute atomic E-state index is 11.6. The molecule has 0 atom stereocenters. The molecule has 0 amide bonds. The Morgan fingerprint density at radius 1 is 1.44 bits per heavy atom. The zero-order valence-electron chi connectivity index (χ0n) is 9.72. The number of carbonyl (C=O) groups is 2. The molecule has 1 aromatic rings. The third-order valence-corrected chi connectivity index (χ3v) is 2.62. The van der Waals surface area contributed by atoms with Gasteiger partial charge in [0.15, 0.2) is 0 Å². The van der Waals surface area contributed by atoms with Gasteiger partial charge in [0, 0.05) is 5.02 Å². The van der Waals surface area contributed by atoms with Crippen molar-refractivity contribution in [3.05, 3.63) is 29.3 Å². The molecule has 0 fully saturated rings. The number of anilines is 1. The lowest BCUT2D eigenvalue weighted by Crippen LogP contribution is -2.25. The third kappa shape index (κ3) is 2.51. The van der Waals surface area contributed by atoms with Crippen LogP contribution in [0, 0.1) is 0 Å². The average molecular weight is 267 g/mol. The minimum atomic E-state index is -0.682. The van der Waals surface area contributed by atoms with E-state index in [4.69, 9.17) is 16.3 Å². The van der Waals surface area contributed by atoms with E-state index in [9.17, 15) is 9.59 Å². The summed E-state index contributed by atoms with van der Waals surface area (Å²) < 4.78 is 4.76. The van der Waals surface area contributed by atoms with Crippen LogP contribution in [0.15, 0.2) is 29.4 Å². The summed E-state index contributed by atoms with van der Waals surface area (Å²) in [4.78, 5) is 23.1. The standard InChI is InChI=1S/C12H11ClN2O3/c1-2-18-12(17)11-10(16)7-15(14-11)9-5-3-8(13)4-6-9/h3-6H,2,7H2,1H3. The molecule has 1 aliphatic heterocycles. The van der Waals surface area contributed by atoms with Gasteiger partial charge in [0.05, 0.1) is 12.3 Å². The Bertz CT molecular complexity index is 511. The number of Topliss-reactive ketones (excluding diaryl/α,β-unsaturated/α-hetero) is 1. The molecule has 1 aromatic carbocycles. The minimum Gasteiger partial charge on any atom is -0.461 e. The van der Waals surface area contributed by atoms with Gasteiger partial charge in [0.2, 0.25) is 11.5 Å². The summed E-state index contributed by atoms with van der Waals surface area (Å²) in [6, 6.07) is 6.85. The highest BCUT2D eigenvalue weighted by atomic mass is 35.5. The van der Waals surface area contributed by atoms with Crippen LogP contribution in [-0.4, -0.2) is 30.6 Å². The van der Waals surface area contributed by atoms with E-state index in [1.165, 1.54) is 5.01 Å². The number of ketones is 1. The minimum absolute atomic E-state index is 0.0375. The zero-order valence-corrected chi connectivity index (χ0v) is 10.5. The van der Waals surface area contributed by atoms with E-state index in [1.807, 2.05) is 0 Å². The second-order valence-electron chi connectivity index (χ2n) is 3.63. The fourth-order valence-electron chi connectivity index (χ4n) is 1.54. The molecule has 1 aliphatic rings. The number of ether oxygens (including phenoxy) is 1. The van der Waals surface area contributed by atoms with Gasteiger partial charge in [0.25, 0.3) is 0 Å². The molecule has 18 heavy (non-hydrogen) atoms. The highest BCUT2D eigenvalue weighted by Gasteiger charge is 2.31. The Kier molecular flexibility index (Phi) is 3.62. The normalized spacial score (nSPS) is 14.7. The lowest BCUT2D eigenvalue weighted by Gasteiger charge is -2.11. The Balaban J connectivity index is 2.20. The van der Waals surface area contributed by atoms with Crippen molar-refractivity contribution >= 4 is 34.8 Å².